The molecule has 0 spiro atoms. The number of amides is 1. The molecule has 5 nitrogen and oxygen atoms in total. The van der Waals surface area contributed by atoms with E-state index in [-0.39, 0.29) is 24.3 Å². The van der Waals surface area contributed by atoms with Gasteiger partial charge in [-0.3, -0.25) is 4.79 Å². The van der Waals surface area contributed by atoms with Crippen LogP contribution < -0.4 is 5.32 Å². The van der Waals surface area contributed by atoms with Crippen molar-refractivity contribution in [1.82, 2.24) is 14.9 Å². The average Bonchev–Trinajstić information content (AvgIpc) is 2.51. The Bertz CT molecular complexity index is 349. The molecule has 0 saturated heterocycles. The van der Waals surface area contributed by atoms with Crippen molar-refractivity contribution in [3.8, 4) is 0 Å². The third-order valence-corrected chi connectivity index (χ3v) is 2.17. The number of aliphatic hydroxyl groups excluding tert-OH is 1. The zero-order chi connectivity index (χ0) is 11.5. The zero-order valence-electron chi connectivity index (χ0n) is 8.70. The van der Waals surface area contributed by atoms with E-state index < -0.39 is 5.54 Å². The van der Waals surface area contributed by atoms with Crippen LogP contribution in [-0.4, -0.2) is 32.7 Å². The first-order chi connectivity index (χ1) is 6.94. The second-order valence-electron chi connectivity index (χ2n) is 3.91. The van der Waals surface area contributed by atoms with Crippen LogP contribution in [0.2, 0.25) is 5.28 Å². The number of imidazole rings is 1. The number of nitrogens with zero attached hydrogens (tertiary/aromatic N) is 2. The van der Waals surface area contributed by atoms with Crippen molar-refractivity contribution in [2.45, 2.75) is 25.9 Å². The van der Waals surface area contributed by atoms with Crippen LogP contribution in [0.1, 0.15) is 13.8 Å². The molecule has 0 aliphatic rings. The lowest BCUT2D eigenvalue weighted by Gasteiger charge is -2.23. The first-order valence-corrected chi connectivity index (χ1v) is 4.91. The Morgan fingerprint density at radius 3 is 2.87 bits per heavy atom. The summed E-state index contributed by atoms with van der Waals surface area (Å²) in [7, 11) is 0. The number of aliphatic hydroxyl groups is 1. The molecule has 0 fully saturated rings. The molecule has 15 heavy (non-hydrogen) atoms. The minimum atomic E-state index is -0.621. The van der Waals surface area contributed by atoms with Crippen molar-refractivity contribution in [2.24, 2.45) is 0 Å². The zero-order valence-corrected chi connectivity index (χ0v) is 9.45. The van der Waals surface area contributed by atoms with Crippen LogP contribution in [0.15, 0.2) is 12.4 Å². The van der Waals surface area contributed by atoms with Gasteiger partial charge in [-0.2, -0.15) is 0 Å². The first kappa shape index (κ1) is 12.0. The van der Waals surface area contributed by atoms with E-state index in [0.717, 1.165) is 0 Å². The summed E-state index contributed by atoms with van der Waals surface area (Å²) in [5, 5.41) is 11.9. The maximum Gasteiger partial charge on any atom is 0.240 e. The van der Waals surface area contributed by atoms with E-state index in [4.69, 9.17) is 16.7 Å². The molecule has 0 aliphatic carbocycles. The Labute approximate surface area is 93.1 Å². The third-order valence-electron chi connectivity index (χ3n) is 1.85. The normalized spacial score (nSPS) is 11.5. The van der Waals surface area contributed by atoms with Gasteiger partial charge in [0.1, 0.15) is 6.54 Å². The molecule has 0 radical (unpaired) electrons. The Balaban J connectivity index is 2.54. The lowest BCUT2D eigenvalue weighted by atomic mass is 10.1. The van der Waals surface area contributed by atoms with Crippen LogP contribution in [0.25, 0.3) is 0 Å². The summed E-state index contributed by atoms with van der Waals surface area (Å²) in [6, 6.07) is 0. The quantitative estimate of drug-likeness (QED) is 0.790. The van der Waals surface area contributed by atoms with Gasteiger partial charge in [0.05, 0.1) is 12.1 Å². The van der Waals surface area contributed by atoms with Gasteiger partial charge in [0.25, 0.3) is 0 Å². The molecular formula is C9H14ClN3O2. The fourth-order valence-electron chi connectivity index (χ4n) is 1.04. The first-order valence-electron chi connectivity index (χ1n) is 4.53. The van der Waals surface area contributed by atoms with Crippen molar-refractivity contribution < 1.29 is 9.90 Å². The maximum atomic E-state index is 11.5. The fourth-order valence-corrected chi connectivity index (χ4v) is 1.21. The van der Waals surface area contributed by atoms with Crippen molar-refractivity contribution in [3.05, 3.63) is 17.7 Å². The Morgan fingerprint density at radius 2 is 2.40 bits per heavy atom. The number of rotatable bonds is 4. The summed E-state index contributed by atoms with van der Waals surface area (Å²) in [6.45, 7) is 3.46. The van der Waals surface area contributed by atoms with Gasteiger partial charge >= 0.3 is 0 Å². The fraction of sp³-hybridized carbons (Fsp3) is 0.556. The number of hydrogen-bond donors (Lipinski definition) is 2. The molecule has 1 aromatic rings. The van der Waals surface area contributed by atoms with Gasteiger partial charge in [-0.15, -0.1) is 0 Å². The summed E-state index contributed by atoms with van der Waals surface area (Å²) in [6.07, 6.45) is 3.14. The molecule has 6 heteroatoms. The van der Waals surface area contributed by atoms with Crippen LogP contribution in [-0.2, 0) is 11.3 Å². The number of halogens is 1. The van der Waals surface area contributed by atoms with Gasteiger partial charge in [-0.05, 0) is 25.4 Å². The molecule has 1 rings (SSSR count). The number of aromatic nitrogens is 2. The van der Waals surface area contributed by atoms with E-state index in [9.17, 15) is 4.79 Å². The molecular weight excluding hydrogens is 218 g/mol. The van der Waals surface area contributed by atoms with Crippen molar-refractivity contribution in [1.29, 1.82) is 0 Å². The van der Waals surface area contributed by atoms with E-state index >= 15 is 0 Å². The Morgan fingerprint density at radius 1 is 1.73 bits per heavy atom. The molecule has 1 heterocycles. The average molecular weight is 232 g/mol. The smallest absolute Gasteiger partial charge is 0.240 e. The van der Waals surface area contributed by atoms with Gasteiger partial charge in [0.15, 0.2) is 0 Å². The summed E-state index contributed by atoms with van der Waals surface area (Å²) < 4.78 is 1.52. The minimum absolute atomic E-state index is 0.0995. The molecule has 1 aromatic heterocycles. The van der Waals surface area contributed by atoms with Crippen LogP contribution in [0.3, 0.4) is 0 Å². The largest absolute Gasteiger partial charge is 0.394 e. The highest BCUT2D eigenvalue weighted by atomic mass is 35.5. The van der Waals surface area contributed by atoms with E-state index in [2.05, 4.69) is 10.3 Å². The molecule has 0 saturated carbocycles. The van der Waals surface area contributed by atoms with Crippen molar-refractivity contribution in [3.63, 3.8) is 0 Å². The molecule has 0 atom stereocenters. The van der Waals surface area contributed by atoms with Gasteiger partial charge in [0, 0.05) is 12.4 Å². The van der Waals surface area contributed by atoms with Crippen LogP contribution in [0.5, 0.6) is 0 Å². The van der Waals surface area contributed by atoms with Gasteiger partial charge < -0.3 is 15.0 Å². The van der Waals surface area contributed by atoms with Gasteiger partial charge in [-0.25, -0.2) is 4.98 Å². The lowest BCUT2D eigenvalue weighted by molar-refractivity contribution is -0.123. The number of nitrogens with one attached hydrogen (secondary N) is 1. The topological polar surface area (TPSA) is 67.2 Å². The maximum absolute atomic E-state index is 11.5. The van der Waals surface area contributed by atoms with Crippen LogP contribution >= 0.6 is 11.6 Å². The molecule has 0 aromatic carbocycles. The molecule has 0 unspecified atom stereocenters. The second-order valence-corrected chi connectivity index (χ2v) is 4.25. The van der Waals surface area contributed by atoms with E-state index in [0.29, 0.717) is 0 Å². The van der Waals surface area contributed by atoms with Gasteiger partial charge in [0.2, 0.25) is 11.2 Å². The molecule has 0 bridgehead atoms. The van der Waals surface area contributed by atoms with E-state index in [1.165, 1.54) is 10.8 Å². The number of carbonyl (C=O) groups is 1. The lowest BCUT2D eigenvalue weighted by Crippen LogP contribution is -2.47. The van der Waals surface area contributed by atoms with E-state index in [1.807, 2.05) is 0 Å². The summed E-state index contributed by atoms with van der Waals surface area (Å²) in [4.78, 5) is 15.3. The monoisotopic (exact) mass is 231 g/mol. The number of hydrogen-bond acceptors (Lipinski definition) is 3. The highest BCUT2D eigenvalue weighted by Crippen LogP contribution is 2.05. The highest BCUT2D eigenvalue weighted by molar-refractivity contribution is 6.28. The highest BCUT2D eigenvalue weighted by Gasteiger charge is 2.19. The summed E-state index contributed by atoms with van der Waals surface area (Å²) in [5.74, 6) is -0.214. The Hall–Kier alpha value is -1.07. The molecule has 1 amide bonds. The molecule has 0 aliphatic heterocycles. The molecule has 2 N–H and O–H groups in total. The Kier molecular flexibility index (Phi) is 3.71. The standard InChI is InChI=1S/C9H14ClN3O2/c1-9(2,6-14)12-7(15)5-13-4-3-11-8(13)10/h3-4,14H,5-6H2,1-2H3,(H,12,15). The van der Waals surface area contributed by atoms with Crippen molar-refractivity contribution in [2.75, 3.05) is 6.61 Å². The SMILES string of the molecule is CC(C)(CO)NC(=O)Cn1ccnc1Cl. The summed E-state index contributed by atoms with van der Waals surface area (Å²) >= 11 is 5.71. The summed E-state index contributed by atoms with van der Waals surface area (Å²) in [5.41, 5.74) is -0.621. The van der Waals surface area contributed by atoms with E-state index in [1.54, 1.807) is 20.0 Å². The third kappa shape index (κ3) is 3.53. The second kappa shape index (κ2) is 4.63. The van der Waals surface area contributed by atoms with Crippen LogP contribution in [0.4, 0.5) is 0 Å². The van der Waals surface area contributed by atoms with Gasteiger partial charge in [-0.1, -0.05) is 0 Å². The predicted molar refractivity (Wildman–Crippen MR) is 56.5 cm³/mol. The predicted octanol–water partition coefficient (Wildman–Crippen LogP) is 0.424. The van der Waals surface area contributed by atoms with Crippen molar-refractivity contribution >= 4 is 17.5 Å². The minimum Gasteiger partial charge on any atom is -0.394 e. The molecule has 84 valence electrons. The number of carbonyl (C=O) groups excluding carboxylic acids is 1. The van der Waals surface area contributed by atoms with Crippen LogP contribution in [0, 0.1) is 0 Å².